The molecule has 36 heavy (non-hydrogen) atoms. The van der Waals surface area contributed by atoms with Crippen LogP contribution in [0.1, 0.15) is 53.9 Å². The van der Waals surface area contributed by atoms with Crippen LogP contribution in [0.3, 0.4) is 0 Å². The van der Waals surface area contributed by atoms with Gasteiger partial charge in [-0.3, -0.25) is 10.1 Å². The Bertz CT molecular complexity index is 1240. The Morgan fingerprint density at radius 1 is 1.06 bits per heavy atom. The van der Waals surface area contributed by atoms with Crippen LogP contribution in [0.2, 0.25) is 0 Å². The molecule has 1 aromatic heterocycles. The van der Waals surface area contributed by atoms with Gasteiger partial charge in [0.05, 0.1) is 0 Å². The normalized spacial score (nSPS) is 14.4. The van der Waals surface area contributed by atoms with Crippen LogP contribution < -0.4 is 10.6 Å². The number of benzene rings is 2. The largest absolute Gasteiger partial charge is 0.480 e. The monoisotopic (exact) mass is 488 g/mol. The Labute approximate surface area is 208 Å². The van der Waals surface area contributed by atoms with Crippen molar-refractivity contribution in [2.75, 3.05) is 5.32 Å². The molecule has 9 nitrogen and oxygen atoms in total. The van der Waals surface area contributed by atoms with E-state index in [4.69, 9.17) is 4.74 Å². The Morgan fingerprint density at radius 2 is 1.75 bits per heavy atom. The summed E-state index contributed by atoms with van der Waals surface area (Å²) in [6.45, 7) is 3.57. The van der Waals surface area contributed by atoms with Crippen LogP contribution in [0.25, 0.3) is 11.4 Å². The molecule has 1 fully saturated rings. The molecular weight excluding hydrogens is 460 g/mol. The molecule has 3 aromatic rings. The summed E-state index contributed by atoms with van der Waals surface area (Å²) < 4.78 is 5.45. The van der Waals surface area contributed by atoms with Crippen LogP contribution in [0, 0.1) is 12.8 Å². The van der Waals surface area contributed by atoms with E-state index >= 15 is 0 Å². The minimum Gasteiger partial charge on any atom is -0.480 e. The highest BCUT2D eigenvalue weighted by molar-refractivity contribution is 5.97. The Kier molecular flexibility index (Phi) is 7.58. The second kappa shape index (κ2) is 11.0. The molecule has 1 heterocycles. The van der Waals surface area contributed by atoms with Crippen molar-refractivity contribution >= 4 is 23.8 Å². The van der Waals surface area contributed by atoms with Gasteiger partial charge in [-0.15, -0.1) is 0 Å². The molecule has 2 atom stereocenters. The predicted octanol–water partition coefficient (Wildman–Crippen LogP) is 4.74. The van der Waals surface area contributed by atoms with Crippen molar-refractivity contribution in [2.24, 2.45) is 5.92 Å². The standard InChI is InChI=1S/C27H28N4O5/c1-16-14-23(31-27(35)36-17(2)19-6-4-3-5-7-19)30-24(28-16)20-10-12-21(13-11-20)25(32)29-22(26(33)34)15-18-8-9-18/h3-7,10-14,17-18,22H,8-9,15H2,1-2H3,(H,29,32)(H,33,34)(H,28,30,31,35). The maximum absolute atomic E-state index is 12.6. The minimum atomic E-state index is -1.03. The number of amides is 2. The summed E-state index contributed by atoms with van der Waals surface area (Å²) in [6.07, 6.45) is 1.38. The number of aliphatic carboxylic acids is 1. The van der Waals surface area contributed by atoms with E-state index in [1.165, 1.54) is 0 Å². The second-order valence-electron chi connectivity index (χ2n) is 8.92. The molecule has 2 unspecified atom stereocenters. The summed E-state index contributed by atoms with van der Waals surface area (Å²) in [7, 11) is 0. The first-order valence-corrected chi connectivity index (χ1v) is 11.8. The highest BCUT2D eigenvalue weighted by Gasteiger charge is 2.30. The number of carbonyl (C=O) groups is 3. The number of hydrogen-bond donors (Lipinski definition) is 3. The van der Waals surface area contributed by atoms with E-state index in [1.54, 1.807) is 44.2 Å². The van der Waals surface area contributed by atoms with E-state index in [2.05, 4.69) is 20.6 Å². The molecule has 0 radical (unpaired) electrons. The van der Waals surface area contributed by atoms with Gasteiger partial charge in [0.25, 0.3) is 5.91 Å². The second-order valence-corrected chi connectivity index (χ2v) is 8.92. The minimum absolute atomic E-state index is 0.286. The van der Waals surface area contributed by atoms with Gasteiger partial charge >= 0.3 is 12.1 Å². The highest BCUT2D eigenvalue weighted by Crippen LogP contribution is 2.33. The van der Waals surface area contributed by atoms with Crippen molar-refractivity contribution in [1.29, 1.82) is 0 Å². The third-order valence-corrected chi connectivity index (χ3v) is 5.91. The maximum Gasteiger partial charge on any atom is 0.413 e. The number of nitrogens with zero attached hydrogens (tertiary/aromatic N) is 2. The third-order valence-electron chi connectivity index (χ3n) is 5.91. The number of aryl methyl sites for hydroxylation is 1. The van der Waals surface area contributed by atoms with Gasteiger partial charge in [-0.2, -0.15) is 0 Å². The van der Waals surface area contributed by atoms with Gasteiger partial charge in [-0.1, -0.05) is 55.3 Å². The summed E-state index contributed by atoms with van der Waals surface area (Å²) in [5.74, 6) is -0.456. The fourth-order valence-electron chi connectivity index (χ4n) is 3.77. The topological polar surface area (TPSA) is 131 Å². The third kappa shape index (κ3) is 6.65. The predicted molar refractivity (Wildman–Crippen MR) is 133 cm³/mol. The van der Waals surface area contributed by atoms with Crippen molar-refractivity contribution in [3.63, 3.8) is 0 Å². The first-order valence-electron chi connectivity index (χ1n) is 11.8. The molecule has 1 aliphatic carbocycles. The number of hydrogen-bond acceptors (Lipinski definition) is 6. The fourth-order valence-corrected chi connectivity index (χ4v) is 3.77. The van der Waals surface area contributed by atoms with Crippen molar-refractivity contribution in [3.8, 4) is 11.4 Å². The number of carboxylic acids is 1. The zero-order chi connectivity index (χ0) is 25.7. The lowest BCUT2D eigenvalue weighted by atomic mass is 10.1. The van der Waals surface area contributed by atoms with Gasteiger partial charge in [-0.25, -0.2) is 19.6 Å². The molecule has 0 spiro atoms. The van der Waals surface area contributed by atoms with E-state index in [0.29, 0.717) is 35.0 Å². The van der Waals surface area contributed by atoms with Crippen LogP contribution in [0.5, 0.6) is 0 Å². The van der Waals surface area contributed by atoms with Crippen LogP contribution in [-0.4, -0.2) is 39.1 Å². The smallest absolute Gasteiger partial charge is 0.413 e. The number of rotatable bonds is 9. The van der Waals surface area contributed by atoms with Gasteiger partial charge in [-0.05, 0) is 43.9 Å². The highest BCUT2D eigenvalue weighted by atomic mass is 16.6. The van der Waals surface area contributed by atoms with Crippen molar-refractivity contribution in [2.45, 2.75) is 45.3 Å². The molecule has 0 bridgehead atoms. The average molecular weight is 489 g/mol. The van der Waals surface area contributed by atoms with E-state index in [1.807, 2.05) is 30.3 Å². The number of carboxylic acid groups (broad SMARTS) is 1. The van der Waals surface area contributed by atoms with E-state index in [-0.39, 0.29) is 5.82 Å². The van der Waals surface area contributed by atoms with Gasteiger partial charge in [0.15, 0.2) is 5.82 Å². The number of aromatic nitrogens is 2. The summed E-state index contributed by atoms with van der Waals surface area (Å²) in [5.41, 5.74) is 2.48. The van der Waals surface area contributed by atoms with Gasteiger partial charge in [0, 0.05) is 22.9 Å². The number of ether oxygens (including phenoxy) is 1. The lowest BCUT2D eigenvalue weighted by molar-refractivity contribution is -0.139. The Hall–Kier alpha value is -4.27. The molecule has 2 aromatic carbocycles. The van der Waals surface area contributed by atoms with E-state index in [9.17, 15) is 19.5 Å². The quantitative estimate of drug-likeness (QED) is 0.396. The number of nitrogens with one attached hydrogen (secondary N) is 2. The van der Waals surface area contributed by atoms with E-state index in [0.717, 1.165) is 18.4 Å². The molecule has 1 saturated carbocycles. The molecule has 2 amide bonds. The zero-order valence-corrected chi connectivity index (χ0v) is 20.1. The molecule has 1 aliphatic rings. The SMILES string of the molecule is Cc1cc(NC(=O)OC(C)c2ccccc2)nc(-c2ccc(C(=O)NC(CC3CC3)C(=O)O)cc2)n1. The number of anilines is 1. The van der Waals surface area contributed by atoms with Gasteiger partial charge in [0.2, 0.25) is 0 Å². The molecule has 3 N–H and O–H groups in total. The Balaban J connectivity index is 1.41. The molecule has 0 aliphatic heterocycles. The van der Waals surface area contributed by atoms with Gasteiger partial charge < -0.3 is 15.2 Å². The molecular formula is C27H28N4O5. The van der Waals surface area contributed by atoms with Crippen molar-refractivity contribution < 1.29 is 24.2 Å². The molecule has 0 saturated heterocycles. The summed E-state index contributed by atoms with van der Waals surface area (Å²) in [4.78, 5) is 45.3. The molecule has 186 valence electrons. The van der Waals surface area contributed by atoms with Crippen molar-refractivity contribution in [1.82, 2.24) is 15.3 Å². The lowest BCUT2D eigenvalue weighted by Crippen LogP contribution is -2.41. The summed E-state index contributed by atoms with van der Waals surface area (Å²) in [5, 5.41) is 14.6. The van der Waals surface area contributed by atoms with Crippen LogP contribution >= 0.6 is 0 Å². The molecule has 9 heteroatoms. The van der Waals surface area contributed by atoms with Gasteiger partial charge in [0.1, 0.15) is 18.0 Å². The maximum atomic E-state index is 12.6. The average Bonchev–Trinajstić information content (AvgIpc) is 3.68. The van der Waals surface area contributed by atoms with Crippen LogP contribution in [0.4, 0.5) is 10.6 Å². The zero-order valence-electron chi connectivity index (χ0n) is 20.1. The lowest BCUT2D eigenvalue weighted by Gasteiger charge is -2.15. The van der Waals surface area contributed by atoms with Crippen LogP contribution in [-0.2, 0) is 9.53 Å². The summed E-state index contributed by atoms with van der Waals surface area (Å²) in [6, 6.07) is 16.7. The fraction of sp³-hybridized carbons (Fsp3) is 0.296. The number of carbonyl (C=O) groups excluding carboxylic acids is 2. The van der Waals surface area contributed by atoms with E-state index < -0.39 is 30.1 Å². The first kappa shape index (κ1) is 24.8. The Morgan fingerprint density at radius 3 is 2.39 bits per heavy atom. The molecule has 4 rings (SSSR count). The first-order chi connectivity index (χ1) is 17.3. The summed E-state index contributed by atoms with van der Waals surface area (Å²) >= 11 is 0. The van der Waals surface area contributed by atoms with Crippen molar-refractivity contribution in [3.05, 3.63) is 77.5 Å². The van der Waals surface area contributed by atoms with Crippen LogP contribution in [0.15, 0.2) is 60.7 Å².